The van der Waals surface area contributed by atoms with Gasteiger partial charge in [0.1, 0.15) is 0 Å². The van der Waals surface area contributed by atoms with Crippen LogP contribution in [0.5, 0.6) is 0 Å². The van der Waals surface area contributed by atoms with Crippen LogP contribution >= 0.6 is 0 Å². The summed E-state index contributed by atoms with van der Waals surface area (Å²) in [6.45, 7) is 6.69. The van der Waals surface area contributed by atoms with Crippen LogP contribution in [0.25, 0.3) is 0 Å². The van der Waals surface area contributed by atoms with Crippen LogP contribution in [0.15, 0.2) is 24.5 Å². The van der Waals surface area contributed by atoms with Crippen molar-refractivity contribution in [3.63, 3.8) is 0 Å². The number of carbonyl (C=O) groups is 2. The fraction of sp³-hybridized carbons (Fsp3) is 0.562. The Bertz CT molecular complexity index is 494. The highest BCUT2D eigenvalue weighted by Crippen LogP contribution is 2.14. The van der Waals surface area contributed by atoms with Gasteiger partial charge < -0.3 is 15.1 Å². The molecule has 1 saturated heterocycles. The lowest BCUT2D eigenvalue weighted by molar-refractivity contribution is 0.0706. The summed E-state index contributed by atoms with van der Waals surface area (Å²) in [5.41, 5.74) is 0.619. The Kier molecular flexibility index (Phi) is 5.75. The molecule has 22 heavy (non-hydrogen) atoms. The predicted molar refractivity (Wildman–Crippen MR) is 84.6 cm³/mol. The van der Waals surface area contributed by atoms with Crippen LogP contribution in [0.4, 0.5) is 4.79 Å². The summed E-state index contributed by atoms with van der Waals surface area (Å²) in [7, 11) is 0. The summed E-state index contributed by atoms with van der Waals surface area (Å²) >= 11 is 0. The van der Waals surface area contributed by atoms with Crippen molar-refractivity contribution in [2.45, 2.75) is 32.7 Å². The first-order chi connectivity index (χ1) is 10.7. The number of piperidine rings is 1. The Morgan fingerprint density at radius 2 is 2.00 bits per heavy atom. The minimum atomic E-state index is -0.0120. The zero-order valence-corrected chi connectivity index (χ0v) is 13.3. The zero-order valence-electron chi connectivity index (χ0n) is 13.3. The average molecular weight is 304 g/mol. The highest BCUT2D eigenvalue weighted by Gasteiger charge is 2.25. The van der Waals surface area contributed by atoms with Gasteiger partial charge in [0.25, 0.3) is 5.91 Å². The van der Waals surface area contributed by atoms with Crippen LogP contribution in [0.3, 0.4) is 0 Å². The fourth-order valence-corrected chi connectivity index (χ4v) is 2.68. The topological polar surface area (TPSA) is 65.5 Å². The number of amides is 3. The minimum Gasteiger partial charge on any atom is -0.338 e. The smallest absolute Gasteiger partial charge is 0.317 e. The Balaban J connectivity index is 1.83. The third-order valence-corrected chi connectivity index (χ3v) is 4.07. The van der Waals surface area contributed by atoms with E-state index >= 15 is 0 Å². The van der Waals surface area contributed by atoms with Crippen molar-refractivity contribution in [3.05, 3.63) is 30.1 Å². The largest absolute Gasteiger partial charge is 0.338 e. The Morgan fingerprint density at radius 1 is 1.32 bits per heavy atom. The number of pyridine rings is 1. The first-order valence-electron chi connectivity index (χ1n) is 7.90. The minimum absolute atomic E-state index is 0.0120. The highest BCUT2D eigenvalue weighted by molar-refractivity contribution is 5.93. The Labute approximate surface area is 131 Å². The molecule has 2 rings (SSSR count). The van der Waals surface area contributed by atoms with Crippen LogP contribution in [0, 0.1) is 0 Å². The predicted octanol–water partition coefficient (Wildman–Crippen LogP) is 1.74. The third-order valence-electron chi connectivity index (χ3n) is 4.07. The number of aromatic nitrogens is 1. The second-order valence-electron chi connectivity index (χ2n) is 5.43. The second kappa shape index (κ2) is 7.77. The van der Waals surface area contributed by atoms with Gasteiger partial charge in [0, 0.05) is 44.6 Å². The third kappa shape index (κ3) is 3.96. The van der Waals surface area contributed by atoms with Crippen LogP contribution < -0.4 is 5.32 Å². The van der Waals surface area contributed by atoms with Crippen LogP contribution in [0.1, 0.15) is 37.0 Å². The molecule has 0 aliphatic carbocycles. The lowest BCUT2D eigenvalue weighted by atomic mass is 10.0. The molecule has 6 heteroatoms. The quantitative estimate of drug-likeness (QED) is 0.921. The van der Waals surface area contributed by atoms with E-state index in [1.54, 1.807) is 29.4 Å². The van der Waals surface area contributed by atoms with E-state index in [9.17, 15) is 9.59 Å². The summed E-state index contributed by atoms with van der Waals surface area (Å²) < 4.78 is 0. The van der Waals surface area contributed by atoms with E-state index in [0.717, 1.165) is 12.8 Å². The number of likely N-dealkylation sites (tertiary alicyclic amines) is 1. The molecule has 3 amide bonds. The Hall–Kier alpha value is -2.11. The fourth-order valence-electron chi connectivity index (χ4n) is 2.68. The number of nitrogens with one attached hydrogen (secondary N) is 1. The van der Waals surface area contributed by atoms with E-state index in [4.69, 9.17) is 0 Å². The molecule has 0 bridgehead atoms. The van der Waals surface area contributed by atoms with E-state index in [0.29, 0.717) is 31.7 Å². The number of rotatable bonds is 4. The first-order valence-corrected chi connectivity index (χ1v) is 7.90. The monoisotopic (exact) mass is 304 g/mol. The van der Waals surface area contributed by atoms with Crippen molar-refractivity contribution < 1.29 is 9.59 Å². The van der Waals surface area contributed by atoms with Crippen molar-refractivity contribution in [1.29, 1.82) is 0 Å². The average Bonchev–Trinajstić information content (AvgIpc) is 2.57. The molecule has 0 spiro atoms. The lowest BCUT2D eigenvalue weighted by Crippen LogP contribution is -2.50. The van der Waals surface area contributed by atoms with E-state index < -0.39 is 0 Å². The van der Waals surface area contributed by atoms with Gasteiger partial charge in [-0.2, -0.15) is 0 Å². The molecule has 0 unspecified atom stereocenters. The molecule has 6 nitrogen and oxygen atoms in total. The van der Waals surface area contributed by atoms with Gasteiger partial charge in [-0.15, -0.1) is 0 Å². The lowest BCUT2D eigenvalue weighted by Gasteiger charge is -2.33. The molecule has 1 aromatic rings. The summed E-state index contributed by atoms with van der Waals surface area (Å²) in [5.74, 6) is 0.0154. The molecule has 0 aromatic carbocycles. The maximum absolute atomic E-state index is 12.3. The summed E-state index contributed by atoms with van der Waals surface area (Å²) in [6.07, 6.45) is 4.83. The SMILES string of the molecule is CCN(CC)C(=O)NC1CCN(C(=O)c2cccnc2)CC1. The molecule has 1 N–H and O–H groups in total. The summed E-state index contributed by atoms with van der Waals surface area (Å²) in [6, 6.07) is 3.68. The molecule has 1 fully saturated rings. The van der Waals surface area contributed by atoms with Crippen molar-refractivity contribution in [1.82, 2.24) is 20.1 Å². The van der Waals surface area contributed by atoms with Gasteiger partial charge in [0.05, 0.1) is 5.56 Å². The van der Waals surface area contributed by atoms with E-state index in [1.165, 1.54) is 0 Å². The number of hydrogen-bond acceptors (Lipinski definition) is 3. The first kappa shape index (κ1) is 16.3. The van der Waals surface area contributed by atoms with Crippen molar-refractivity contribution in [3.8, 4) is 0 Å². The molecule has 120 valence electrons. The number of carbonyl (C=O) groups excluding carboxylic acids is 2. The van der Waals surface area contributed by atoms with Gasteiger partial charge in [0.15, 0.2) is 0 Å². The van der Waals surface area contributed by atoms with Crippen molar-refractivity contribution in [2.75, 3.05) is 26.2 Å². The van der Waals surface area contributed by atoms with Gasteiger partial charge in [0.2, 0.25) is 0 Å². The van der Waals surface area contributed by atoms with Gasteiger partial charge in [-0.25, -0.2) is 4.79 Å². The van der Waals surface area contributed by atoms with Crippen LogP contribution in [-0.2, 0) is 0 Å². The van der Waals surface area contributed by atoms with Gasteiger partial charge in [-0.1, -0.05) is 0 Å². The van der Waals surface area contributed by atoms with Crippen LogP contribution in [0.2, 0.25) is 0 Å². The number of urea groups is 1. The summed E-state index contributed by atoms with van der Waals surface area (Å²) in [4.78, 5) is 31.9. The molecular formula is C16H24N4O2. The molecule has 1 aliphatic heterocycles. The van der Waals surface area contributed by atoms with E-state index in [2.05, 4.69) is 10.3 Å². The molecule has 1 aromatic heterocycles. The van der Waals surface area contributed by atoms with E-state index in [1.807, 2.05) is 18.7 Å². The summed E-state index contributed by atoms with van der Waals surface area (Å²) in [5, 5.41) is 3.06. The van der Waals surface area contributed by atoms with Gasteiger partial charge >= 0.3 is 6.03 Å². The highest BCUT2D eigenvalue weighted by atomic mass is 16.2. The molecule has 1 aliphatic rings. The van der Waals surface area contributed by atoms with E-state index in [-0.39, 0.29) is 18.0 Å². The maximum atomic E-state index is 12.3. The number of hydrogen-bond donors (Lipinski definition) is 1. The van der Waals surface area contributed by atoms with Crippen molar-refractivity contribution in [2.24, 2.45) is 0 Å². The van der Waals surface area contributed by atoms with Crippen LogP contribution in [-0.4, -0.2) is 58.9 Å². The van der Waals surface area contributed by atoms with Gasteiger partial charge in [-0.05, 0) is 38.8 Å². The number of nitrogens with zero attached hydrogens (tertiary/aromatic N) is 3. The normalized spacial score (nSPS) is 15.5. The Morgan fingerprint density at radius 3 is 2.55 bits per heavy atom. The molecule has 0 saturated carbocycles. The van der Waals surface area contributed by atoms with Crippen molar-refractivity contribution >= 4 is 11.9 Å². The standard InChI is InChI=1S/C16H24N4O2/c1-3-19(4-2)16(22)18-14-7-10-20(11-8-14)15(21)13-6-5-9-17-12-13/h5-6,9,12,14H,3-4,7-8,10-11H2,1-2H3,(H,18,22). The van der Waals surface area contributed by atoms with Gasteiger partial charge in [-0.3, -0.25) is 9.78 Å². The molecule has 0 atom stereocenters. The zero-order chi connectivity index (χ0) is 15.9. The molecular weight excluding hydrogens is 280 g/mol. The molecule has 2 heterocycles. The molecule has 0 radical (unpaired) electrons. The maximum Gasteiger partial charge on any atom is 0.317 e. The second-order valence-corrected chi connectivity index (χ2v) is 5.43.